The lowest BCUT2D eigenvalue weighted by molar-refractivity contribution is 0.0932. The van der Waals surface area contributed by atoms with Crippen molar-refractivity contribution in [3.63, 3.8) is 0 Å². The third-order valence-corrected chi connectivity index (χ3v) is 5.05. The molecule has 1 N–H and O–H groups in total. The van der Waals surface area contributed by atoms with Crippen LogP contribution in [0.15, 0.2) is 0 Å². The Balaban J connectivity index is 1.99. The van der Waals surface area contributed by atoms with Gasteiger partial charge in [0, 0.05) is 6.54 Å². The molecule has 0 aromatic heterocycles. The van der Waals surface area contributed by atoms with Crippen molar-refractivity contribution in [2.24, 2.45) is 23.2 Å². The van der Waals surface area contributed by atoms with E-state index in [-0.39, 0.29) is 0 Å². The van der Waals surface area contributed by atoms with Crippen LogP contribution in [0.2, 0.25) is 0 Å². The van der Waals surface area contributed by atoms with Crippen molar-refractivity contribution in [3.05, 3.63) is 0 Å². The standard InChI is InChI=1S/C14H27N/c1-4-7-15-10-14(11(2)3)9-12-5-6-13(14)8-12/h11-13,15H,4-10H2,1-3H3. The first-order chi connectivity index (χ1) is 7.19. The first-order valence-corrected chi connectivity index (χ1v) is 6.89. The fourth-order valence-corrected chi connectivity index (χ4v) is 4.11. The van der Waals surface area contributed by atoms with Crippen LogP contribution in [-0.4, -0.2) is 13.1 Å². The molecule has 2 saturated carbocycles. The molecule has 0 radical (unpaired) electrons. The normalized spacial score (nSPS) is 39.2. The summed E-state index contributed by atoms with van der Waals surface area (Å²) in [4.78, 5) is 0. The highest BCUT2D eigenvalue weighted by Gasteiger charge is 2.51. The maximum absolute atomic E-state index is 3.68. The molecule has 2 fully saturated rings. The molecule has 0 aromatic carbocycles. The molecule has 2 bridgehead atoms. The van der Waals surface area contributed by atoms with E-state index in [4.69, 9.17) is 0 Å². The summed E-state index contributed by atoms with van der Waals surface area (Å²) >= 11 is 0. The Kier molecular flexibility index (Phi) is 3.39. The Morgan fingerprint density at radius 3 is 2.60 bits per heavy atom. The minimum atomic E-state index is 0.651. The molecule has 88 valence electrons. The van der Waals surface area contributed by atoms with Crippen molar-refractivity contribution < 1.29 is 0 Å². The van der Waals surface area contributed by atoms with Gasteiger partial charge in [-0.1, -0.05) is 27.2 Å². The molecule has 2 aliphatic rings. The monoisotopic (exact) mass is 209 g/mol. The zero-order valence-electron chi connectivity index (χ0n) is 10.7. The van der Waals surface area contributed by atoms with Crippen molar-refractivity contribution in [2.75, 3.05) is 13.1 Å². The van der Waals surface area contributed by atoms with Gasteiger partial charge in [-0.05, 0) is 55.4 Å². The summed E-state index contributed by atoms with van der Waals surface area (Å²) < 4.78 is 0. The van der Waals surface area contributed by atoms with Crippen molar-refractivity contribution in [3.8, 4) is 0 Å². The zero-order valence-corrected chi connectivity index (χ0v) is 10.7. The molecule has 0 spiro atoms. The number of hydrogen-bond donors (Lipinski definition) is 1. The van der Waals surface area contributed by atoms with Gasteiger partial charge in [-0.25, -0.2) is 0 Å². The second kappa shape index (κ2) is 4.45. The highest BCUT2D eigenvalue weighted by molar-refractivity contribution is 5.02. The van der Waals surface area contributed by atoms with Crippen LogP contribution >= 0.6 is 0 Å². The molecular formula is C14H27N. The van der Waals surface area contributed by atoms with Crippen LogP contribution in [0.25, 0.3) is 0 Å². The SMILES string of the molecule is CCCNCC1(C(C)C)CC2CCC1C2. The zero-order chi connectivity index (χ0) is 10.9. The highest BCUT2D eigenvalue weighted by Crippen LogP contribution is 2.58. The molecule has 2 aliphatic carbocycles. The molecule has 1 nitrogen and oxygen atoms in total. The van der Waals surface area contributed by atoms with Crippen LogP contribution in [-0.2, 0) is 0 Å². The molecule has 0 saturated heterocycles. The third kappa shape index (κ3) is 1.95. The second-order valence-corrected chi connectivity index (χ2v) is 6.14. The van der Waals surface area contributed by atoms with E-state index >= 15 is 0 Å². The largest absolute Gasteiger partial charge is 0.316 e. The summed E-state index contributed by atoms with van der Waals surface area (Å²) in [6, 6.07) is 0. The minimum Gasteiger partial charge on any atom is -0.316 e. The summed E-state index contributed by atoms with van der Waals surface area (Å²) in [5.74, 6) is 2.96. The first-order valence-electron chi connectivity index (χ1n) is 6.89. The molecule has 3 unspecified atom stereocenters. The van der Waals surface area contributed by atoms with Gasteiger partial charge in [0.25, 0.3) is 0 Å². The molecule has 0 aromatic rings. The number of fused-ring (bicyclic) bond motifs is 2. The van der Waals surface area contributed by atoms with E-state index in [1.807, 2.05) is 0 Å². The average Bonchev–Trinajstić information content (AvgIpc) is 2.78. The fraction of sp³-hybridized carbons (Fsp3) is 1.00. The number of hydrogen-bond acceptors (Lipinski definition) is 1. The topological polar surface area (TPSA) is 12.0 Å². The third-order valence-electron chi connectivity index (χ3n) is 5.05. The quantitative estimate of drug-likeness (QED) is 0.684. The first kappa shape index (κ1) is 11.4. The van der Waals surface area contributed by atoms with Gasteiger partial charge in [-0.2, -0.15) is 0 Å². The van der Waals surface area contributed by atoms with Crippen molar-refractivity contribution in [2.45, 2.75) is 52.9 Å². The lowest BCUT2D eigenvalue weighted by Gasteiger charge is -2.42. The van der Waals surface area contributed by atoms with Crippen molar-refractivity contribution in [1.82, 2.24) is 5.32 Å². The van der Waals surface area contributed by atoms with E-state index in [9.17, 15) is 0 Å². The molecule has 0 heterocycles. The Morgan fingerprint density at radius 1 is 1.33 bits per heavy atom. The smallest absolute Gasteiger partial charge is 0.00130 e. The second-order valence-electron chi connectivity index (χ2n) is 6.14. The Bertz CT molecular complexity index is 211. The molecular weight excluding hydrogens is 182 g/mol. The van der Waals surface area contributed by atoms with Gasteiger partial charge in [-0.3, -0.25) is 0 Å². The summed E-state index contributed by atoms with van der Waals surface area (Å²) in [6.45, 7) is 9.62. The molecule has 0 amide bonds. The lowest BCUT2D eigenvalue weighted by Crippen LogP contribution is -2.42. The van der Waals surface area contributed by atoms with E-state index in [0.29, 0.717) is 5.41 Å². The molecule has 0 aliphatic heterocycles. The fourth-order valence-electron chi connectivity index (χ4n) is 4.11. The van der Waals surface area contributed by atoms with Crippen molar-refractivity contribution in [1.29, 1.82) is 0 Å². The van der Waals surface area contributed by atoms with Gasteiger partial charge >= 0.3 is 0 Å². The average molecular weight is 209 g/mol. The maximum atomic E-state index is 3.68. The van der Waals surface area contributed by atoms with Crippen molar-refractivity contribution >= 4 is 0 Å². The molecule has 3 atom stereocenters. The van der Waals surface area contributed by atoms with Gasteiger partial charge < -0.3 is 5.32 Å². The van der Waals surface area contributed by atoms with Crippen LogP contribution in [0.5, 0.6) is 0 Å². The van der Waals surface area contributed by atoms with E-state index in [2.05, 4.69) is 26.1 Å². The Hall–Kier alpha value is -0.0400. The number of nitrogens with one attached hydrogen (secondary N) is 1. The van der Waals surface area contributed by atoms with Crippen LogP contribution in [0.1, 0.15) is 52.9 Å². The predicted molar refractivity (Wildman–Crippen MR) is 65.9 cm³/mol. The van der Waals surface area contributed by atoms with Crippen LogP contribution in [0.3, 0.4) is 0 Å². The van der Waals surface area contributed by atoms with E-state index < -0.39 is 0 Å². The van der Waals surface area contributed by atoms with Crippen LogP contribution in [0.4, 0.5) is 0 Å². The minimum absolute atomic E-state index is 0.651. The maximum Gasteiger partial charge on any atom is 0.00130 e. The molecule has 15 heavy (non-hydrogen) atoms. The van der Waals surface area contributed by atoms with E-state index in [0.717, 1.165) is 17.8 Å². The molecule has 2 rings (SSSR count). The predicted octanol–water partition coefficient (Wildman–Crippen LogP) is 3.45. The van der Waals surface area contributed by atoms with Gasteiger partial charge in [0.1, 0.15) is 0 Å². The van der Waals surface area contributed by atoms with Gasteiger partial charge in [0.15, 0.2) is 0 Å². The van der Waals surface area contributed by atoms with Gasteiger partial charge in [0.2, 0.25) is 0 Å². The Labute approximate surface area is 95.0 Å². The van der Waals surface area contributed by atoms with Crippen LogP contribution < -0.4 is 5.32 Å². The Morgan fingerprint density at radius 2 is 2.13 bits per heavy atom. The summed E-state index contributed by atoms with van der Waals surface area (Å²) in [6.07, 6.45) is 7.34. The lowest BCUT2D eigenvalue weighted by atomic mass is 9.66. The van der Waals surface area contributed by atoms with Gasteiger partial charge in [-0.15, -0.1) is 0 Å². The molecule has 1 heteroatoms. The summed E-state index contributed by atoms with van der Waals surface area (Å²) in [5.41, 5.74) is 0.651. The van der Waals surface area contributed by atoms with Gasteiger partial charge in [0.05, 0.1) is 0 Å². The van der Waals surface area contributed by atoms with E-state index in [1.54, 1.807) is 0 Å². The highest BCUT2D eigenvalue weighted by atomic mass is 14.9. The van der Waals surface area contributed by atoms with Crippen LogP contribution in [0, 0.1) is 23.2 Å². The summed E-state index contributed by atoms with van der Waals surface area (Å²) in [7, 11) is 0. The number of rotatable bonds is 5. The summed E-state index contributed by atoms with van der Waals surface area (Å²) in [5, 5.41) is 3.68. The van der Waals surface area contributed by atoms with E-state index in [1.165, 1.54) is 45.2 Å².